The number of primary amides is 1. The summed E-state index contributed by atoms with van der Waals surface area (Å²) in [5.41, 5.74) is 6.70. The van der Waals surface area contributed by atoms with Gasteiger partial charge < -0.3 is 16.0 Å². The Kier molecular flexibility index (Phi) is 4.81. The minimum Gasteiger partial charge on any atom is -0.381 e. The average Bonchev–Trinajstić information content (AvgIpc) is 3.15. The molecule has 1 amide bonds. The molecule has 1 saturated heterocycles. The molecule has 3 aromatic rings. The van der Waals surface area contributed by atoms with E-state index in [4.69, 9.17) is 5.73 Å². The van der Waals surface area contributed by atoms with Gasteiger partial charge in [0, 0.05) is 35.9 Å². The van der Waals surface area contributed by atoms with Gasteiger partial charge in [-0.05, 0) is 49.2 Å². The fourth-order valence-electron chi connectivity index (χ4n) is 3.77. The highest BCUT2D eigenvalue weighted by Gasteiger charge is 2.32. The summed E-state index contributed by atoms with van der Waals surface area (Å²) in [6.45, 7) is 1.19. The van der Waals surface area contributed by atoms with Crippen LogP contribution in [0.3, 0.4) is 0 Å². The number of halogens is 3. The Bertz CT molecular complexity index is 1050. The summed E-state index contributed by atoms with van der Waals surface area (Å²) in [5.74, 6) is -0.869. The van der Waals surface area contributed by atoms with Crippen LogP contribution in [0, 0.1) is 0 Å². The van der Waals surface area contributed by atoms with E-state index in [0.29, 0.717) is 18.8 Å². The number of carbonyl (C=O) groups excluding carboxylic acids is 1. The first-order chi connectivity index (χ1) is 13.8. The highest BCUT2D eigenvalue weighted by Crippen LogP contribution is 2.34. The molecule has 0 aliphatic carbocycles. The number of nitrogens with one attached hydrogen (secondary N) is 2. The third kappa shape index (κ3) is 3.98. The summed E-state index contributed by atoms with van der Waals surface area (Å²) in [6, 6.07) is 9.12. The number of benzene rings is 2. The van der Waals surface area contributed by atoms with Gasteiger partial charge >= 0.3 is 6.18 Å². The van der Waals surface area contributed by atoms with Crippen LogP contribution in [0.4, 0.5) is 24.5 Å². The minimum absolute atomic E-state index is 0.0797. The molecule has 9 heteroatoms. The zero-order chi connectivity index (χ0) is 20.6. The second kappa shape index (κ2) is 7.31. The van der Waals surface area contributed by atoms with Crippen LogP contribution < -0.4 is 16.0 Å². The summed E-state index contributed by atoms with van der Waals surface area (Å²) in [7, 11) is 0. The lowest BCUT2D eigenvalue weighted by atomic mass is 10.0. The van der Waals surface area contributed by atoms with Gasteiger partial charge in [0.15, 0.2) is 0 Å². The lowest BCUT2D eigenvalue weighted by Crippen LogP contribution is -2.43. The lowest BCUT2D eigenvalue weighted by Gasteiger charge is -2.36. The van der Waals surface area contributed by atoms with Crippen molar-refractivity contribution in [3.05, 3.63) is 53.7 Å². The number of amides is 1. The van der Waals surface area contributed by atoms with Gasteiger partial charge in [0.25, 0.3) is 5.91 Å². The summed E-state index contributed by atoms with van der Waals surface area (Å²) < 4.78 is 39.0. The maximum absolute atomic E-state index is 13.0. The first-order valence-electron chi connectivity index (χ1n) is 9.27. The Balaban J connectivity index is 1.55. The molecule has 4 N–H and O–H groups in total. The van der Waals surface area contributed by atoms with Crippen molar-refractivity contribution in [2.45, 2.75) is 25.1 Å². The van der Waals surface area contributed by atoms with Gasteiger partial charge in [0.1, 0.15) is 0 Å². The van der Waals surface area contributed by atoms with Crippen molar-refractivity contribution < 1.29 is 18.0 Å². The molecule has 1 aliphatic heterocycles. The molecule has 1 unspecified atom stereocenters. The zero-order valence-corrected chi connectivity index (χ0v) is 15.5. The Morgan fingerprint density at radius 1 is 1.24 bits per heavy atom. The van der Waals surface area contributed by atoms with E-state index in [0.717, 1.165) is 41.6 Å². The number of aromatic amines is 1. The predicted octanol–water partition coefficient (Wildman–Crippen LogP) is 3.76. The van der Waals surface area contributed by atoms with E-state index < -0.39 is 17.6 Å². The number of rotatable bonds is 4. The Labute approximate surface area is 164 Å². The third-order valence-corrected chi connectivity index (χ3v) is 5.16. The van der Waals surface area contributed by atoms with Crippen molar-refractivity contribution in [3.8, 4) is 0 Å². The molecule has 2 heterocycles. The van der Waals surface area contributed by atoms with Crippen molar-refractivity contribution in [3.63, 3.8) is 0 Å². The molecular weight excluding hydrogens is 383 g/mol. The minimum atomic E-state index is -4.53. The van der Waals surface area contributed by atoms with Gasteiger partial charge in [-0.2, -0.15) is 18.3 Å². The monoisotopic (exact) mass is 403 g/mol. The molecule has 29 heavy (non-hydrogen) atoms. The van der Waals surface area contributed by atoms with E-state index in [-0.39, 0.29) is 11.6 Å². The van der Waals surface area contributed by atoms with Gasteiger partial charge in [0.2, 0.25) is 0 Å². The fourth-order valence-corrected chi connectivity index (χ4v) is 3.77. The van der Waals surface area contributed by atoms with Crippen molar-refractivity contribution in [2.24, 2.45) is 5.73 Å². The molecule has 1 aliphatic rings. The molecule has 1 atom stereocenters. The van der Waals surface area contributed by atoms with Crippen LogP contribution in [0.2, 0.25) is 0 Å². The Hall–Kier alpha value is -3.23. The average molecular weight is 403 g/mol. The number of nitrogens with zero attached hydrogens (tertiary/aromatic N) is 2. The van der Waals surface area contributed by atoms with Crippen LogP contribution in [0.15, 0.2) is 42.6 Å². The summed E-state index contributed by atoms with van der Waals surface area (Å²) in [5, 5.41) is 11.4. The van der Waals surface area contributed by atoms with E-state index in [1.165, 1.54) is 6.07 Å². The van der Waals surface area contributed by atoms with Crippen LogP contribution in [0.25, 0.3) is 10.9 Å². The second-order valence-electron chi connectivity index (χ2n) is 7.20. The van der Waals surface area contributed by atoms with Crippen molar-refractivity contribution in [1.82, 2.24) is 10.2 Å². The lowest BCUT2D eigenvalue weighted by molar-refractivity contribution is -0.137. The summed E-state index contributed by atoms with van der Waals surface area (Å²) >= 11 is 0. The number of H-pyrrole nitrogens is 1. The van der Waals surface area contributed by atoms with Crippen molar-refractivity contribution in [1.29, 1.82) is 0 Å². The third-order valence-electron chi connectivity index (χ3n) is 5.16. The molecule has 2 aromatic carbocycles. The smallest absolute Gasteiger partial charge is 0.381 e. The fraction of sp³-hybridized carbons (Fsp3) is 0.300. The molecule has 0 saturated carbocycles. The number of nitrogens with two attached hydrogens (primary N) is 1. The van der Waals surface area contributed by atoms with E-state index in [1.807, 2.05) is 23.1 Å². The number of alkyl halides is 3. The normalized spacial score (nSPS) is 17.5. The van der Waals surface area contributed by atoms with E-state index >= 15 is 0 Å². The number of aromatic nitrogens is 2. The molecule has 152 valence electrons. The Morgan fingerprint density at radius 2 is 2.07 bits per heavy atom. The number of piperidine rings is 1. The van der Waals surface area contributed by atoms with Gasteiger partial charge in [-0.15, -0.1) is 0 Å². The molecule has 0 radical (unpaired) electrons. The van der Waals surface area contributed by atoms with Crippen LogP contribution in [0.5, 0.6) is 0 Å². The highest BCUT2D eigenvalue weighted by molar-refractivity contribution is 5.99. The molecule has 1 fully saturated rings. The van der Waals surface area contributed by atoms with Gasteiger partial charge in [-0.25, -0.2) is 0 Å². The molecule has 0 spiro atoms. The standard InChI is InChI=1S/C20H20F3N5O/c21-20(22,23)13-3-6-18(16(9-13)19(24)29)28-7-1-2-15(11-28)26-14-4-5-17-12(8-14)10-25-27-17/h3-6,8-10,15,26H,1-2,7,11H2,(H2,24,29)(H,25,27). The van der Waals surface area contributed by atoms with Crippen LogP contribution >= 0.6 is 0 Å². The predicted molar refractivity (Wildman–Crippen MR) is 105 cm³/mol. The van der Waals surface area contributed by atoms with E-state index in [2.05, 4.69) is 15.5 Å². The SMILES string of the molecule is NC(=O)c1cc(C(F)(F)F)ccc1N1CCCC(Nc2ccc3[nH]ncc3c2)C1. The molecule has 4 rings (SSSR count). The van der Waals surface area contributed by atoms with E-state index in [1.54, 1.807) is 6.20 Å². The topological polar surface area (TPSA) is 87.0 Å². The van der Waals surface area contributed by atoms with Gasteiger partial charge in [0.05, 0.1) is 22.8 Å². The summed E-state index contributed by atoms with van der Waals surface area (Å²) in [4.78, 5) is 13.7. The molecular formula is C20H20F3N5O. The first kappa shape index (κ1) is 19.1. The molecule has 6 nitrogen and oxygen atoms in total. The van der Waals surface area contributed by atoms with Gasteiger partial charge in [-0.3, -0.25) is 9.89 Å². The number of hydrogen-bond donors (Lipinski definition) is 3. The van der Waals surface area contributed by atoms with E-state index in [9.17, 15) is 18.0 Å². The maximum atomic E-state index is 13.0. The quantitative estimate of drug-likeness (QED) is 0.619. The van der Waals surface area contributed by atoms with Crippen LogP contribution in [0.1, 0.15) is 28.8 Å². The van der Waals surface area contributed by atoms with Crippen LogP contribution in [-0.4, -0.2) is 35.2 Å². The summed E-state index contributed by atoms with van der Waals surface area (Å²) in [6.07, 6.45) is -1.03. The first-order valence-corrected chi connectivity index (χ1v) is 9.27. The van der Waals surface area contributed by atoms with Crippen molar-refractivity contribution in [2.75, 3.05) is 23.3 Å². The maximum Gasteiger partial charge on any atom is 0.416 e. The zero-order valence-electron chi connectivity index (χ0n) is 15.5. The van der Waals surface area contributed by atoms with Gasteiger partial charge in [-0.1, -0.05) is 0 Å². The number of anilines is 2. The molecule has 0 bridgehead atoms. The number of hydrogen-bond acceptors (Lipinski definition) is 4. The largest absolute Gasteiger partial charge is 0.416 e. The highest BCUT2D eigenvalue weighted by atomic mass is 19.4. The molecule has 1 aromatic heterocycles. The second-order valence-corrected chi connectivity index (χ2v) is 7.20. The number of carbonyl (C=O) groups is 1. The number of fused-ring (bicyclic) bond motifs is 1. The Morgan fingerprint density at radius 3 is 2.83 bits per heavy atom. The van der Waals surface area contributed by atoms with Crippen molar-refractivity contribution >= 4 is 28.2 Å². The van der Waals surface area contributed by atoms with Crippen LogP contribution in [-0.2, 0) is 6.18 Å².